The van der Waals surface area contributed by atoms with Gasteiger partial charge in [0.1, 0.15) is 0 Å². The minimum atomic E-state index is -0.101. The summed E-state index contributed by atoms with van der Waals surface area (Å²) in [6.45, 7) is 0. The van der Waals surface area contributed by atoms with Gasteiger partial charge in [-0.3, -0.25) is 4.79 Å². The number of benzene rings is 2. The van der Waals surface area contributed by atoms with Crippen molar-refractivity contribution in [1.29, 1.82) is 0 Å². The maximum absolute atomic E-state index is 11.9. The molecule has 0 radical (unpaired) electrons. The van der Waals surface area contributed by atoms with Gasteiger partial charge in [0, 0.05) is 5.69 Å². The average molecular weight is 325 g/mol. The summed E-state index contributed by atoms with van der Waals surface area (Å²) >= 11 is 1.25. The predicted octanol–water partition coefficient (Wildman–Crippen LogP) is 3.39. The van der Waals surface area contributed by atoms with Crippen molar-refractivity contribution < 1.29 is 9.32 Å². The van der Waals surface area contributed by atoms with Gasteiger partial charge in [-0.1, -0.05) is 65.4 Å². The summed E-state index contributed by atoms with van der Waals surface area (Å²) in [6.07, 6.45) is 0.588. The zero-order valence-corrected chi connectivity index (χ0v) is 13.1. The van der Waals surface area contributed by atoms with Crippen molar-refractivity contribution in [2.45, 2.75) is 11.6 Å². The molecule has 0 saturated heterocycles. The molecule has 0 atom stereocenters. The molecule has 1 heterocycles. The molecule has 1 amide bonds. The average Bonchev–Trinajstić information content (AvgIpc) is 3.02. The zero-order valence-electron chi connectivity index (χ0n) is 12.3. The number of carbonyl (C=O) groups excluding carboxylic acids is 1. The number of thioether (sulfide) groups is 1. The first kappa shape index (κ1) is 15.3. The quantitative estimate of drug-likeness (QED) is 0.704. The number of hydrogen-bond acceptors (Lipinski definition) is 5. The summed E-state index contributed by atoms with van der Waals surface area (Å²) in [5, 5.41) is 7.17. The Labute approximate surface area is 138 Å². The lowest BCUT2D eigenvalue weighted by Gasteiger charge is -2.02. The molecular weight excluding hydrogens is 310 g/mol. The Morgan fingerprint density at radius 2 is 1.74 bits per heavy atom. The highest BCUT2D eigenvalue weighted by Gasteiger charge is 2.10. The van der Waals surface area contributed by atoms with Gasteiger partial charge < -0.3 is 9.84 Å². The topological polar surface area (TPSA) is 68.0 Å². The SMILES string of the molecule is O=C(CSc1noc(Cc2ccccc2)n1)Nc1ccccc1. The van der Waals surface area contributed by atoms with E-state index >= 15 is 0 Å². The second kappa shape index (κ2) is 7.60. The van der Waals surface area contributed by atoms with Crippen LogP contribution in [0.15, 0.2) is 70.3 Å². The minimum absolute atomic E-state index is 0.101. The Hall–Kier alpha value is -2.60. The number of para-hydroxylation sites is 1. The highest BCUT2D eigenvalue weighted by atomic mass is 32.2. The monoisotopic (exact) mass is 325 g/mol. The molecule has 1 N–H and O–H groups in total. The van der Waals surface area contributed by atoms with Crippen molar-refractivity contribution in [3.8, 4) is 0 Å². The third kappa shape index (κ3) is 4.69. The summed E-state index contributed by atoms with van der Waals surface area (Å²) in [6, 6.07) is 19.2. The fraction of sp³-hybridized carbons (Fsp3) is 0.118. The van der Waals surface area contributed by atoms with Crippen LogP contribution in [-0.2, 0) is 11.2 Å². The first-order chi connectivity index (χ1) is 11.3. The van der Waals surface area contributed by atoms with Crippen molar-refractivity contribution in [3.05, 3.63) is 72.1 Å². The van der Waals surface area contributed by atoms with Crippen molar-refractivity contribution in [2.24, 2.45) is 0 Å². The molecular formula is C17H15N3O2S. The van der Waals surface area contributed by atoms with E-state index in [0.29, 0.717) is 17.5 Å². The van der Waals surface area contributed by atoms with Crippen LogP contribution in [0.1, 0.15) is 11.5 Å². The third-order valence-electron chi connectivity index (χ3n) is 3.04. The van der Waals surface area contributed by atoms with Crippen LogP contribution in [0, 0.1) is 0 Å². The molecule has 6 heteroatoms. The largest absolute Gasteiger partial charge is 0.338 e. The van der Waals surface area contributed by atoms with Crippen LogP contribution in [0.3, 0.4) is 0 Å². The smallest absolute Gasteiger partial charge is 0.234 e. The van der Waals surface area contributed by atoms with Gasteiger partial charge in [0.25, 0.3) is 0 Å². The molecule has 2 aromatic carbocycles. The Morgan fingerprint density at radius 3 is 2.48 bits per heavy atom. The van der Waals surface area contributed by atoms with E-state index in [1.165, 1.54) is 11.8 Å². The van der Waals surface area contributed by atoms with Gasteiger partial charge in [0.2, 0.25) is 17.0 Å². The maximum Gasteiger partial charge on any atom is 0.234 e. The van der Waals surface area contributed by atoms with E-state index in [1.807, 2.05) is 60.7 Å². The van der Waals surface area contributed by atoms with Crippen LogP contribution >= 0.6 is 11.8 Å². The van der Waals surface area contributed by atoms with Gasteiger partial charge in [-0.05, 0) is 17.7 Å². The molecule has 0 aliphatic rings. The van der Waals surface area contributed by atoms with Crippen LogP contribution in [0.25, 0.3) is 0 Å². The number of anilines is 1. The standard InChI is InChI=1S/C17H15N3O2S/c21-15(18-14-9-5-2-6-10-14)12-23-17-19-16(22-20-17)11-13-7-3-1-4-8-13/h1-10H,11-12H2,(H,18,21). The normalized spacial score (nSPS) is 10.4. The molecule has 5 nitrogen and oxygen atoms in total. The first-order valence-electron chi connectivity index (χ1n) is 7.14. The first-order valence-corrected chi connectivity index (χ1v) is 8.12. The number of nitrogens with one attached hydrogen (secondary N) is 1. The Balaban J connectivity index is 1.50. The Bertz CT molecular complexity index is 760. The number of hydrogen-bond donors (Lipinski definition) is 1. The molecule has 116 valence electrons. The lowest BCUT2D eigenvalue weighted by molar-refractivity contribution is -0.113. The number of carbonyl (C=O) groups is 1. The van der Waals surface area contributed by atoms with Gasteiger partial charge in [0.05, 0.1) is 12.2 Å². The fourth-order valence-corrected chi connectivity index (χ4v) is 2.58. The molecule has 0 unspecified atom stereocenters. The molecule has 0 bridgehead atoms. The Morgan fingerprint density at radius 1 is 1.04 bits per heavy atom. The molecule has 1 aromatic heterocycles. The van der Waals surface area contributed by atoms with Crippen LogP contribution < -0.4 is 5.32 Å². The lowest BCUT2D eigenvalue weighted by Crippen LogP contribution is -2.13. The van der Waals surface area contributed by atoms with Gasteiger partial charge in [0.15, 0.2) is 0 Å². The number of rotatable bonds is 6. The molecule has 0 saturated carbocycles. The molecule has 0 fully saturated rings. The molecule has 0 aliphatic carbocycles. The van der Waals surface area contributed by atoms with Gasteiger partial charge in [-0.25, -0.2) is 0 Å². The van der Waals surface area contributed by atoms with E-state index in [-0.39, 0.29) is 11.7 Å². The minimum Gasteiger partial charge on any atom is -0.338 e. The summed E-state index contributed by atoms with van der Waals surface area (Å²) < 4.78 is 5.21. The molecule has 3 rings (SSSR count). The zero-order chi connectivity index (χ0) is 15.9. The Kier molecular flexibility index (Phi) is 5.06. The third-order valence-corrected chi connectivity index (χ3v) is 3.87. The molecule has 23 heavy (non-hydrogen) atoms. The molecule has 0 spiro atoms. The van der Waals surface area contributed by atoms with E-state index < -0.39 is 0 Å². The van der Waals surface area contributed by atoms with E-state index in [2.05, 4.69) is 15.5 Å². The van der Waals surface area contributed by atoms with E-state index in [1.54, 1.807) is 0 Å². The highest BCUT2D eigenvalue weighted by Crippen LogP contribution is 2.16. The highest BCUT2D eigenvalue weighted by molar-refractivity contribution is 7.99. The van der Waals surface area contributed by atoms with Gasteiger partial charge >= 0.3 is 0 Å². The number of nitrogens with zero attached hydrogens (tertiary/aromatic N) is 2. The van der Waals surface area contributed by atoms with E-state index in [0.717, 1.165) is 11.3 Å². The van der Waals surface area contributed by atoms with Crippen molar-refractivity contribution in [1.82, 2.24) is 10.1 Å². The number of aromatic nitrogens is 2. The van der Waals surface area contributed by atoms with E-state index in [4.69, 9.17) is 4.52 Å². The van der Waals surface area contributed by atoms with E-state index in [9.17, 15) is 4.79 Å². The summed E-state index contributed by atoms with van der Waals surface area (Å²) in [5.74, 6) is 0.678. The summed E-state index contributed by atoms with van der Waals surface area (Å²) in [5.41, 5.74) is 1.88. The maximum atomic E-state index is 11.9. The van der Waals surface area contributed by atoms with Crippen molar-refractivity contribution >= 4 is 23.4 Å². The van der Waals surface area contributed by atoms with Gasteiger partial charge in [-0.15, -0.1) is 0 Å². The predicted molar refractivity (Wildman–Crippen MR) is 89.3 cm³/mol. The van der Waals surface area contributed by atoms with Crippen LogP contribution in [-0.4, -0.2) is 21.8 Å². The van der Waals surface area contributed by atoms with Crippen LogP contribution in [0.5, 0.6) is 0 Å². The second-order valence-electron chi connectivity index (χ2n) is 4.84. The second-order valence-corrected chi connectivity index (χ2v) is 5.78. The number of amides is 1. The fourth-order valence-electron chi connectivity index (χ4n) is 1.99. The molecule has 3 aromatic rings. The van der Waals surface area contributed by atoms with Crippen molar-refractivity contribution in [3.63, 3.8) is 0 Å². The molecule has 0 aliphatic heterocycles. The summed E-state index contributed by atoms with van der Waals surface area (Å²) in [7, 11) is 0. The van der Waals surface area contributed by atoms with Crippen LogP contribution in [0.4, 0.5) is 5.69 Å². The lowest BCUT2D eigenvalue weighted by atomic mass is 10.2. The van der Waals surface area contributed by atoms with Crippen LogP contribution in [0.2, 0.25) is 0 Å². The van der Waals surface area contributed by atoms with Crippen molar-refractivity contribution in [2.75, 3.05) is 11.1 Å². The summed E-state index contributed by atoms with van der Waals surface area (Å²) in [4.78, 5) is 16.2. The van der Waals surface area contributed by atoms with Gasteiger partial charge in [-0.2, -0.15) is 4.98 Å².